The molecular formula is C16H34O5Si. The third-order valence-corrected chi connectivity index (χ3v) is 5.82. The second kappa shape index (κ2) is 13.0. The molecule has 0 N–H and O–H groups in total. The zero-order valence-corrected chi connectivity index (χ0v) is 16.0. The maximum absolute atomic E-state index is 11.5. The average Bonchev–Trinajstić information content (AvgIpc) is 2.52. The van der Waals surface area contributed by atoms with Crippen LogP contribution in [0.15, 0.2) is 0 Å². The molecule has 0 fully saturated rings. The van der Waals surface area contributed by atoms with E-state index in [0.29, 0.717) is 38.9 Å². The fourth-order valence-electron chi connectivity index (χ4n) is 1.74. The van der Waals surface area contributed by atoms with Crippen molar-refractivity contribution in [1.82, 2.24) is 0 Å². The number of hydrogen-bond donors (Lipinski definition) is 0. The molecule has 0 aliphatic carbocycles. The molecule has 22 heavy (non-hydrogen) atoms. The Labute approximate surface area is 137 Å². The SMILES string of the molecule is CCCO[Si](CCCOC(=O)C(C)C)(OCCC)OCCC. The summed E-state index contributed by atoms with van der Waals surface area (Å²) >= 11 is 0. The molecule has 0 aliphatic rings. The quantitative estimate of drug-likeness (QED) is 0.275. The van der Waals surface area contributed by atoms with Crippen LogP contribution in [0.2, 0.25) is 6.04 Å². The minimum atomic E-state index is -2.65. The number of rotatable bonds is 14. The van der Waals surface area contributed by atoms with Gasteiger partial charge in [0.25, 0.3) is 0 Å². The molecule has 0 aromatic carbocycles. The topological polar surface area (TPSA) is 54.0 Å². The highest BCUT2D eigenvalue weighted by molar-refractivity contribution is 6.60. The number of hydrogen-bond acceptors (Lipinski definition) is 5. The predicted octanol–water partition coefficient (Wildman–Crippen LogP) is 3.79. The van der Waals surface area contributed by atoms with Gasteiger partial charge in [0.15, 0.2) is 0 Å². The second-order valence-electron chi connectivity index (χ2n) is 5.65. The zero-order valence-electron chi connectivity index (χ0n) is 15.0. The van der Waals surface area contributed by atoms with E-state index in [0.717, 1.165) is 19.3 Å². The maximum Gasteiger partial charge on any atom is 0.501 e. The molecule has 132 valence electrons. The van der Waals surface area contributed by atoms with E-state index in [1.54, 1.807) is 0 Å². The lowest BCUT2D eigenvalue weighted by Gasteiger charge is -2.29. The molecule has 0 unspecified atom stereocenters. The van der Waals surface area contributed by atoms with Gasteiger partial charge in [0.05, 0.1) is 12.5 Å². The maximum atomic E-state index is 11.5. The van der Waals surface area contributed by atoms with Gasteiger partial charge in [-0.2, -0.15) is 0 Å². The molecule has 0 spiro atoms. The normalized spacial score (nSPS) is 11.9. The van der Waals surface area contributed by atoms with Gasteiger partial charge in [0, 0.05) is 25.9 Å². The van der Waals surface area contributed by atoms with E-state index < -0.39 is 8.80 Å². The van der Waals surface area contributed by atoms with Gasteiger partial charge in [-0.25, -0.2) is 0 Å². The summed E-state index contributed by atoms with van der Waals surface area (Å²) in [6.07, 6.45) is 3.51. The Balaban J connectivity index is 4.47. The number of esters is 1. The molecule has 0 heterocycles. The van der Waals surface area contributed by atoms with Crippen molar-refractivity contribution in [2.75, 3.05) is 26.4 Å². The molecule has 0 radical (unpaired) electrons. The van der Waals surface area contributed by atoms with Crippen LogP contribution in [0.3, 0.4) is 0 Å². The van der Waals surface area contributed by atoms with Crippen molar-refractivity contribution in [2.24, 2.45) is 5.92 Å². The minimum Gasteiger partial charge on any atom is -0.465 e. The van der Waals surface area contributed by atoms with Crippen LogP contribution in [0, 0.1) is 5.92 Å². The Morgan fingerprint density at radius 2 is 1.32 bits per heavy atom. The van der Waals surface area contributed by atoms with Gasteiger partial charge in [0.2, 0.25) is 0 Å². The van der Waals surface area contributed by atoms with E-state index in [1.807, 2.05) is 13.8 Å². The third kappa shape index (κ3) is 9.56. The summed E-state index contributed by atoms with van der Waals surface area (Å²) in [5.41, 5.74) is 0. The van der Waals surface area contributed by atoms with Crippen LogP contribution in [0.4, 0.5) is 0 Å². The van der Waals surface area contributed by atoms with Crippen molar-refractivity contribution in [3.63, 3.8) is 0 Å². The highest BCUT2D eigenvalue weighted by Gasteiger charge is 2.40. The summed E-state index contributed by atoms with van der Waals surface area (Å²) in [6, 6.07) is 0.693. The highest BCUT2D eigenvalue weighted by atomic mass is 28.4. The van der Waals surface area contributed by atoms with Gasteiger partial charge in [-0.1, -0.05) is 34.6 Å². The zero-order chi connectivity index (χ0) is 16.8. The molecule has 0 amide bonds. The van der Waals surface area contributed by atoms with Gasteiger partial charge in [-0.15, -0.1) is 0 Å². The lowest BCUT2D eigenvalue weighted by Crippen LogP contribution is -2.46. The number of carbonyl (C=O) groups is 1. The van der Waals surface area contributed by atoms with Crippen molar-refractivity contribution in [2.45, 2.75) is 66.3 Å². The van der Waals surface area contributed by atoms with Crippen LogP contribution in [-0.2, 0) is 22.8 Å². The fourth-order valence-corrected chi connectivity index (χ4v) is 4.55. The van der Waals surface area contributed by atoms with Crippen molar-refractivity contribution < 1.29 is 22.8 Å². The summed E-state index contributed by atoms with van der Waals surface area (Å²) < 4.78 is 23.2. The Hall–Kier alpha value is -0.433. The molecule has 0 aromatic heterocycles. The van der Waals surface area contributed by atoms with Gasteiger partial charge >= 0.3 is 14.8 Å². The van der Waals surface area contributed by atoms with Crippen LogP contribution in [0.5, 0.6) is 0 Å². The van der Waals surface area contributed by atoms with Crippen molar-refractivity contribution in [3.05, 3.63) is 0 Å². The monoisotopic (exact) mass is 334 g/mol. The Morgan fingerprint density at radius 1 is 0.864 bits per heavy atom. The minimum absolute atomic E-state index is 0.0916. The van der Waals surface area contributed by atoms with E-state index in [-0.39, 0.29) is 11.9 Å². The third-order valence-electron chi connectivity index (χ3n) is 2.92. The molecule has 0 aliphatic heterocycles. The van der Waals surface area contributed by atoms with Crippen LogP contribution >= 0.6 is 0 Å². The van der Waals surface area contributed by atoms with Crippen molar-refractivity contribution in [1.29, 1.82) is 0 Å². The fraction of sp³-hybridized carbons (Fsp3) is 0.938. The van der Waals surface area contributed by atoms with E-state index in [4.69, 9.17) is 18.0 Å². The van der Waals surface area contributed by atoms with Crippen LogP contribution in [0.1, 0.15) is 60.3 Å². The summed E-state index contributed by atoms with van der Waals surface area (Å²) in [5, 5.41) is 0. The van der Waals surface area contributed by atoms with Gasteiger partial charge in [-0.3, -0.25) is 4.79 Å². The Bertz CT molecular complexity index is 262. The Morgan fingerprint density at radius 3 is 1.68 bits per heavy atom. The van der Waals surface area contributed by atoms with Crippen molar-refractivity contribution in [3.8, 4) is 0 Å². The molecule has 0 rings (SSSR count). The van der Waals surface area contributed by atoms with Gasteiger partial charge < -0.3 is 18.0 Å². The number of carbonyl (C=O) groups excluding carboxylic acids is 1. The predicted molar refractivity (Wildman–Crippen MR) is 89.7 cm³/mol. The lowest BCUT2D eigenvalue weighted by molar-refractivity contribution is -0.147. The van der Waals surface area contributed by atoms with Crippen LogP contribution in [0.25, 0.3) is 0 Å². The first kappa shape index (κ1) is 21.6. The average molecular weight is 335 g/mol. The largest absolute Gasteiger partial charge is 0.501 e. The van der Waals surface area contributed by atoms with Crippen LogP contribution in [-0.4, -0.2) is 41.2 Å². The van der Waals surface area contributed by atoms with E-state index >= 15 is 0 Å². The van der Waals surface area contributed by atoms with E-state index in [9.17, 15) is 4.79 Å². The van der Waals surface area contributed by atoms with Gasteiger partial charge in [0.1, 0.15) is 0 Å². The smallest absolute Gasteiger partial charge is 0.465 e. The summed E-state index contributed by atoms with van der Waals surface area (Å²) in [7, 11) is -2.65. The van der Waals surface area contributed by atoms with Crippen molar-refractivity contribution >= 4 is 14.8 Å². The highest BCUT2D eigenvalue weighted by Crippen LogP contribution is 2.19. The van der Waals surface area contributed by atoms with Gasteiger partial charge in [-0.05, 0) is 25.7 Å². The molecule has 6 heteroatoms. The molecule has 0 atom stereocenters. The summed E-state index contributed by atoms with van der Waals surface area (Å²) in [6.45, 7) is 12.2. The second-order valence-corrected chi connectivity index (χ2v) is 8.39. The van der Waals surface area contributed by atoms with E-state index in [1.165, 1.54) is 0 Å². The molecule has 0 saturated heterocycles. The molecule has 0 saturated carbocycles. The number of ether oxygens (including phenoxy) is 1. The van der Waals surface area contributed by atoms with Crippen LogP contribution < -0.4 is 0 Å². The molecular weight excluding hydrogens is 300 g/mol. The first-order chi connectivity index (χ1) is 10.5. The molecule has 0 bridgehead atoms. The van der Waals surface area contributed by atoms with E-state index in [2.05, 4.69) is 20.8 Å². The first-order valence-electron chi connectivity index (χ1n) is 8.59. The summed E-state index contributed by atoms with van der Waals surface area (Å²) in [5.74, 6) is -0.253. The first-order valence-corrected chi connectivity index (χ1v) is 10.5. The molecule has 0 aromatic rings. The summed E-state index contributed by atoms with van der Waals surface area (Å²) in [4.78, 5) is 11.5. The molecule has 5 nitrogen and oxygen atoms in total. The lowest BCUT2D eigenvalue weighted by atomic mass is 10.2. The Kier molecular flexibility index (Phi) is 12.8. The standard InChI is InChI=1S/C16H34O5Si/c1-6-10-19-22(20-11-7-2,21-12-8-3)14-9-13-18-16(17)15(4)5/h15H,6-14H2,1-5H3.